The summed E-state index contributed by atoms with van der Waals surface area (Å²) >= 11 is 3.53. The summed E-state index contributed by atoms with van der Waals surface area (Å²) in [6.45, 7) is 6.11. The molecule has 0 bridgehead atoms. The SMILES string of the molecule is Cc1csc(N2CCN(c3nc4ccccc4s3)CC2)n1. The Labute approximate surface area is 131 Å². The van der Waals surface area contributed by atoms with E-state index < -0.39 is 0 Å². The average Bonchev–Trinajstić information content (AvgIpc) is 3.13. The van der Waals surface area contributed by atoms with Crippen molar-refractivity contribution < 1.29 is 0 Å². The van der Waals surface area contributed by atoms with Crippen LogP contribution in [0.2, 0.25) is 0 Å². The predicted molar refractivity (Wildman–Crippen MR) is 90.9 cm³/mol. The molecule has 108 valence electrons. The minimum atomic E-state index is 1.01. The van der Waals surface area contributed by atoms with Crippen LogP contribution in [0.15, 0.2) is 29.6 Å². The first-order valence-electron chi connectivity index (χ1n) is 7.07. The minimum absolute atomic E-state index is 1.01. The van der Waals surface area contributed by atoms with Gasteiger partial charge in [0.1, 0.15) is 0 Å². The molecule has 0 saturated carbocycles. The number of aryl methyl sites for hydroxylation is 1. The third-order valence-electron chi connectivity index (χ3n) is 3.71. The van der Waals surface area contributed by atoms with E-state index in [0.29, 0.717) is 0 Å². The van der Waals surface area contributed by atoms with Gasteiger partial charge in [-0.05, 0) is 19.1 Å². The zero-order valence-electron chi connectivity index (χ0n) is 11.8. The van der Waals surface area contributed by atoms with E-state index in [4.69, 9.17) is 4.98 Å². The van der Waals surface area contributed by atoms with Gasteiger partial charge in [-0.15, -0.1) is 11.3 Å². The van der Waals surface area contributed by atoms with Gasteiger partial charge in [0.25, 0.3) is 0 Å². The van der Waals surface area contributed by atoms with Crippen molar-refractivity contribution in [2.24, 2.45) is 0 Å². The lowest BCUT2D eigenvalue weighted by atomic mass is 10.3. The molecular formula is C15H16N4S2. The summed E-state index contributed by atoms with van der Waals surface area (Å²) in [5.41, 5.74) is 2.22. The molecule has 6 heteroatoms. The molecule has 0 N–H and O–H groups in total. The van der Waals surface area contributed by atoms with Crippen molar-refractivity contribution in [3.05, 3.63) is 35.3 Å². The maximum Gasteiger partial charge on any atom is 0.186 e. The van der Waals surface area contributed by atoms with Crippen LogP contribution in [0.3, 0.4) is 0 Å². The molecule has 0 aliphatic carbocycles. The van der Waals surface area contributed by atoms with Crippen molar-refractivity contribution >= 4 is 43.2 Å². The van der Waals surface area contributed by atoms with Gasteiger partial charge < -0.3 is 9.80 Å². The van der Waals surface area contributed by atoms with E-state index in [1.165, 1.54) is 4.70 Å². The first kappa shape index (κ1) is 13.0. The van der Waals surface area contributed by atoms with Crippen molar-refractivity contribution in [3.8, 4) is 0 Å². The van der Waals surface area contributed by atoms with E-state index in [0.717, 1.165) is 47.7 Å². The highest BCUT2D eigenvalue weighted by molar-refractivity contribution is 7.22. The summed E-state index contributed by atoms with van der Waals surface area (Å²) in [6, 6.07) is 8.36. The Morgan fingerprint density at radius 2 is 1.67 bits per heavy atom. The van der Waals surface area contributed by atoms with Gasteiger partial charge in [-0.2, -0.15) is 0 Å². The molecule has 0 radical (unpaired) electrons. The normalized spacial score (nSPS) is 15.9. The molecule has 1 aliphatic rings. The number of para-hydroxylation sites is 1. The van der Waals surface area contributed by atoms with E-state index in [1.54, 1.807) is 22.7 Å². The van der Waals surface area contributed by atoms with Crippen LogP contribution in [0.5, 0.6) is 0 Å². The standard InChI is InChI=1S/C15H16N4S2/c1-11-10-20-14(16-11)18-6-8-19(9-7-18)15-17-12-4-2-3-5-13(12)21-15/h2-5,10H,6-9H2,1H3. The first-order chi connectivity index (χ1) is 10.3. The molecule has 1 aliphatic heterocycles. The van der Waals surface area contributed by atoms with Gasteiger partial charge in [0.05, 0.1) is 15.9 Å². The number of anilines is 2. The second-order valence-electron chi connectivity index (χ2n) is 5.21. The molecule has 3 heterocycles. The maximum atomic E-state index is 4.75. The zero-order valence-corrected chi connectivity index (χ0v) is 13.5. The van der Waals surface area contributed by atoms with Crippen LogP contribution in [0.4, 0.5) is 10.3 Å². The van der Waals surface area contributed by atoms with Crippen LogP contribution in [0, 0.1) is 6.92 Å². The quantitative estimate of drug-likeness (QED) is 0.725. The molecule has 4 rings (SSSR count). The Morgan fingerprint density at radius 1 is 0.952 bits per heavy atom. The van der Waals surface area contributed by atoms with Crippen LogP contribution in [-0.2, 0) is 0 Å². The number of nitrogens with zero attached hydrogens (tertiary/aromatic N) is 4. The lowest BCUT2D eigenvalue weighted by Gasteiger charge is -2.34. The van der Waals surface area contributed by atoms with Gasteiger partial charge in [0, 0.05) is 31.6 Å². The second kappa shape index (κ2) is 5.27. The molecule has 4 nitrogen and oxygen atoms in total. The highest BCUT2D eigenvalue weighted by Gasteiger charge is 2.21. The number of rotatable bonds is 2. The Bertz CT molecular complexity index is 723. The summed E-state index contributed by atoms with van der Waals surface area (Å²) in [5.74, 6) is 0. The van der Waals surface area contributed by atoms with Crippen LogP contribution in [-0.4, -0.2) is 36.1 Å². The highest BCUT2D eigenvalue weighted by Crippen LogP contribution is 2.30. The average molecular weight is 316 g/mol. The number of hydrogen-bond donors (Lipinski definition) is 0. The van der Waals surface area contributed by atoms with Crippen molar-refractivity contribution in [1.29, 1.82) is 0 Å². The molecule has 2 aromatic heterocycles. The molecule has 1 saturated heterocycles. The van der Waals surface area contributed by atoms with Crippen LogP contribution < -0.4 is 9.80 Å². The monoisotopic (exact) mass is 316 g/mol. The van der Waals surface area contributed by atoms with Crippen LogP contribution >= 0.6 is 22.7 Å². The van der Waals surface area contributed by atoms with E-state index in [1.807, 2.05) is 0 Å². The maximum absolute atomic E-state index is 4.75. The summed E-state index contributed by atoms with van der Waals surface area (Å²) in [6.07, 6.45) is 0. The van der Waals surface area contributed by atoms with Gasteiger partial charge in [-0.1, -0.05) is 23.5 Å². The number of hydrogen-bond acceptors (Lipinski definition) is 6. The van der Waals surface area contributed by atoms with Gasteiger partial charge in [0.2, 0.25) is 0 Å². The molecule has 21 heavy (non-hydrogen) atoms. The third kappa shape index (κ3) is 2.49. The molecule has 3 aromatic rings. The van der Waals surface area contributed by atoms with E-state index >= 15 is 0 Å². The molecule has 1 aromatic carbocycles. The number of thiazole rings is 2. The molecule has 1 fully saturated rings. The number of fused-ring (bicyclic) bond motifs is 1. The summed E-state index contributed by atoms with van der Waals surface area (Å²) in [7, 11) is 0. The first-order valence-corrected chi connectivity index (χ1v) is 8.77. The van der Waals surface area contributed by atoms with Crippen LogP contribution in [0.25, 0.3) is 10.2 Å². The Morgan fingerprint density at radius 3 is 2.33 bits per heavy atom. The smallest absolute Gasteiger partial charge is 0.186 e. The Hall–Kier alpha value is -1.66. The molecule has 0 atom stereocenters. The molecule has 0 amide bonds. The van der Waals surface area contributed by atoms with E-state index in [9.17, 15) is 0 Å². The molecule has 0 spiro atoms. The Kier molecular flexibility index (Phi) is 3.27. The largest absolute Gasteiger partial charge is 0.345 e. The summed E-state index contributed by atoms with van der Waals surface area (Å²) in [4.78, 5) is 14.1. The van der Waals surface area contributed by atoms with Gasteiger partial charge in [-0.3, -0.25) is 0 Å². The molecule has 0 unspecified atom stereocenters. The second-order valence-corrected chi connectivity index (χ2v) is 7.06. The predicted octanol–water partition coefficient (Wildman–Crippen LogP) is 3.39. The van der Waals surface area contributed by atoms with Crippen molar-refractivity contribution in [2.45, 2.75) is 6.92 Å². The van der Waals surface area contributed by atoms with Crippen molar-refractivity contribution in [3.63, 3.8) is 0 Å². The summed E-state index contributed by atoms with van der Waals surface area (Å²) in [5, 5.41) is 4.41. The summed E-state index contributed by atoms with van der Waals surface area (Å²) < 4.78 is 1.27. The highest BCUT2D eigenvalue weighted by atomic mass is 32.1. The third-order valence-corrected chi connectivity index (χ3v) is 5.83. The van der Waals surface area contributed by atoms with Crippen molar-refractivity contribution in [2.75, 3.05) is 36.0 Å². The van der Waals surface area contributed by atoms with E-state index in [2.05, 4.69) is 51.4 Å². The fourth-order valence-electron chi connectivity index (χ4n) is 2.57. The fraction of sp³-hybridized carbons (Fsp3) is 0.333. The lowest BCUT2D eigenvalue weighted by Crippen LogP contribution is -2.46. The van der Waals surface area contributed by atoms with Gasteiger partial charge >= 0.3 is 0 Å². The minimum Gasteiger partial charge on any atom is -0.345 e. The van der Waals surface area contributed by atoms with Crippen molar-refractivity contribution in [1.82, 2.24) is 9.97 Å². The van der Waals surface area contributed by atoms with Gasteiger partial charge in [-0.25, -0.2) is 9.97 Å². The fourth-order valence-corrected chi connectivity index (χ4v) is 4.45. The Balaban J connectivity index is 1.49. The number of benzene rings is 1. The lowest BCUT2D eigenvalue weighted by molar-refractivity contribution is 0.651. The van der Waals surface area contributed by atoms with E-state index in [-0.39, 0.29) is 0 Å². The topological polar surface area (TPSA) is 32.3 Å². The number of piperazine rings is 1. The van der Waals surface area contributed by atoms with Crippen LogP contribution in [0.1, 0.15) is 5.69 Å². The van der Waals surface area contributed by atoms with Gasteiger partial charge in [0.15, 0.2) is 10.3 Å². The zero-order chi connectivity index (χ0) is 14.2. The number of aromatic nitrogens is 2. The molecular weight excluding hydrogens is 300 g/mol.